The molecule has 21 heavy (non-hydrogen) atoms. The molecule has 0 aliphatic carbocycles. The Kier molecular flexibility index (Phi) is 4.02. The Labute approximate surface area is 118 Å². The summed E-state index contributed by atoms with van der Waals surface area (Å²) in [6.45, 7) is 0.573. The maximum absolute atomic E-state index is 12.6. The van der Waals surface area contributed by atoms with Gasteiger partial charge in [-0.25, -0.2) is 9.78 Å². The Morgan fingerprint density at radius 1 is 1.29 bits per heavy atom. The van der Waals surface area contributed by atoms with Gasteiger partial charge in [-0.2, -0.15) is 13.2 Å². The molecule has 7 heteroatoms. The van der Waals surface area contributed by atoms with Gasteiger partial charge in [0.15, 0.2) is 0 Å². The molecule has 2 aromatic rings. The van der Waals surface area contributed by atoms with Crippen molar-refractivity contribution in [1.82, 2.24) is 4.98 Å². The van der Waals surface area contributed by atoms with Crippen LogP contribution in [0.1, 0.15) is 17.3 Å². The van der Waals surface area contributed by atoms with Crippen LogP contribution in [0.5, 0.6) is 0 Å². The molecular formula is C14H13F3N2O2. The topological polar surface area (TPSA) is 53.4 Å². The first-order chi connectivity index (χ1) is 9.83. The van der Waals surface area contributed by atoms with Crippen LogP contribution in [0, 0.1) is 0 Å². The summed E-state index contributed by atoms with van der Waals surface area (Å²) in [7, 11) is 0. The van der Waals surface area contributed by atoms with Gasteiger partial charge in [0, 0.05) is 23.5 Å². The maximum Gasteiger partial charge on any atom is 0.405 e. The van der Waals surface area contributed by atoms with Gasteiger partial charge in [0.2, 0.25) is 0 Å². The average molecular weight is 298 g/mol. The van der Waals surface area contributed by atoms with Gasteiger partial charge in [0.25, 0.3) is 0 Å². The van der Waals surface area contributed by atoms with Gasteiger partial charge < -0.3 is 10.0 Å². The number of pyridine rings is 1. The minimum atomic E-state index is -4.36. The zero-order chi connectivity index (χ0) is 15.6. The van der Waals surface area contributed by atoms with Gasteiger partial charge in [-0.1, -0.05) is 24.3 Å². The molecule has 0 atom stereocenters. The monoisotopic (exact) mass is 298 g/mol. The third-order valence-electron chi connectivity index (χ3n) is 3.06. The van der Waals surface area contributed by atoms with Gasteiger partial charge in [-0.3, -0.25) is 0 Å². The first kappa shape index (κ1) is 15.1. The molecule has 0 fully saturated rings. The van der Waals surface area contributed by atoms with E-state index in [0.29, 0.717) is 10.8 Å². The van der Waals surface area contributed by atoms with E-state index < -0.39 is 18.7 Å². The minimum Gasteiger partial charge on any atom is -0.478 e. The normalized spacial score (nSPS) is 11.6. The molecule has 0 saturated heterocycles. The highest BCUT2D eigenvalue weighted by molar-refractivity contribution is 6.06. The number of benzene rings is 1. The van der Waals surface area contributed by atoms with Crippen molar-refractivity contribution in [2.75, 3.05) is 18.0 Å². The van der Waals surface area contributed by atoms with E-state index in [1.165, 1.54) is 0 Å². The molecule has 0 radical (unpaired) electrons. The quantitative estimate of drug-likeness (QED) is 0.940. The molecule has 0 bridgehead atoms. The van der Waals surface area contributed by atoms with Crippen molar-refractivity contribution in [3.05, 3.63) is 36.0 Å². The number of hydrogen-bond acceptors (Lipinski definition) is 3. The molecule has 0 saturated carbocycles. The lowest BCUT2D eigenvalue weighted by Gasteiger charge is -2.24. The zero-order valence-electron chi connectivity index (χ0n) is 11.2. The van der Waals surface area contributed by atoms with Crippen LogP contribution in [-0.2, 0) is 0 Å². The predicted molar refractivity (Wildman–Crippen MR) is 72.6 cm³/mol. The number of nitrogens with zero attached hydrogens (tertiary/aromatic N) is 2. The average Bonchev–Trinajstić information content (AvgIpc) is 2.42. The third kappa shape index (κ3) is 3.24. The molecule has 0 spiro atoms. The summed E-state index contributed by atoms with van der Waals surface area (Å²) >= 11 is 0. The minimum absolute atomic E-state index is 0.0302. The van der Waals surface area contributed by atoms with Gasteiger partial charge in [0.05, 0.1) is 5.56 Å². The fraction of sp³-hybridized carbons (Fsp3) is 0.286. The van der Waals surface area contributed by atoms with E-state index in [2.05, 4.69) is 4.98 Å². The highest BCUT2D eigenvalue weighted by atomic mass is 19.4. The molecule has 1 N–H and O–H groups in total. The first-order valence-corrected chi connectivity index (χ1v) is 6.26. The Morgan fingerprint density at radius 3 is 2.43 bits per heavy atom. The van der Waals surface area contributed by atoms with Gasteiger partial charge in [0.1, 0.15) is 12.4 Å². The molecule has 0 amide bonds. The number of halogens is 3. The molecule has 1 aromatic heterocycles. The number of carboxylic acid groups (broad SMARTS) is 1. The molecule has 112 valence electrons. The molecule has 1 aromatic carbocycles. The van der Waals surface area contributed by atoms with Gasteiger partial charge in [-0.05, 0) is 6.92 Å². The second-order valence-corrected chi connectivity index (χ2v) is 4.48. The van der Waals surface area contributed by atoms with Crippen molar-refractivity contribution in [1.29, 1.82) is 0 Å². The Balaban J connectivity index is 2.59. The summed E-state index contributed by atoms with van der Waals surface area (Å²) in [5, 5.41) is 9.89. The highest BCUT2D eigenvalue weighted by Gasteiger charge is 2.31. The number of alkyl halides is 3. The molecule has 0 aliphatic rings. The van der Waals surface area contributed by atoms with Crippen LogP contribution in [0.25, 0.3) is 10.8 Å². The smallest absolute Gasteiger partial charge is 0.405 e. The Hall–Kier alpha value is -2.31. The SMILES string of the molecule is CCN(CC(F)(F)F)c1ncc(C(=O)O)c2ccccc12. The fourth-order valence-corrected chi connectivity index (χ4v) is 2.15. The molecule has 1 heterocycles. The molecule has 4 nitrogen and oxygen atoms in total. The standard InChI is InChI=1S/C14H13F3N2O2/c1-2-19(8-14(15,16)17)12-10-6-4-3-5-9(10)11(7-18-12)13(20)21/h3-7H,2,8H2,1H3,(H,20,21). The lowest BCUT2D eigenvalue weighted by molar-refractivity contribution is -0.119. The Bertz CT molecular complexity index is 671. The summed E-state index contributed by atoms with van der Waals surface area (Å²) in [4.78, 5) is 16.2. The van der Waals surface area contributed by atoms with E-state index >= 15 is 0 Å². The molecule has 2 rings (SSSR count). The summed E-state index contributed by atoms with van der Waals surface area (Å²) in [6.07, 6.45) is -3.26. The van der Waals surface area contributed by atoms with Crippen LogP contribution in [0.3, 0.4) is 0 Å². The summed E-state index contributed by atoms with van der Waals surface area (Å²) in [5.41, 5.74) is -0.0302. The van der Waals surface area contributed by atoms with Crippen LogP contribution < -0.4 is 4.90 Å². The number of carbonyl (C=O) groups is 1. The van der Waals surface area contributed by atoms with Crippen LogP contribution in [0.4, 0.5) is 19.0 Å². The second kappa shape index (κ2) is 5.59. The van der Waals surface area contributed by atoms with Crippen molar-refractivity contribution in [2.24, 2.45) is 0 Å². The Morgan fingerprint density at radius 2 is 1.90 bits per heavy atom. The second-order valence-electron chi connectivity index (χ2n) is 4.48. The number of aromatic nitrogens is 1. The lowest BCUT2D eigenvalue weighted by atomic mass is 10.1. The predicted octanol–water partition coefficient (Wildman–Crippen LogP) is 3.32. The number of rotatable bonds is 4. The van der Waals surface area contributed by atoms with Crippen molar-refractivity contribution in [3.8, 4) is 0 Å². The largest absolute Gasteiger partial charge is 0.478 e. The van der Waals surface area contributed by atoms with Crippen LogP contribution in [-0.4, -0.2) is 35.3 Å². The molecular weight excluding hydrogens is 285 g/mol. The van der Waals surface area contributed by atoms with E-state index in [-0.39, 0.29) is 17.9 Å². The molecule has 0 unspecified atom stereocenters. The fourth-order valence-electron chi connectivity index (χ4n) is 2.15. The van der Waals surface area contributed by atoms with Crippen molar-refractivity contribution in [3.63, 3.8) is 0 Å². The molecule has 0 aliphatic heterocycles. The summed E-state index contributed by atoms with van der Waals surface area (Å²) in [5.74, 6) is -1.03. The van der Waals surface area contributed by atoms with Crippen molar-refractivity contribution >= 4 is 22.6 Å². The van der Waals surface area contributed by atoms with Crippen molar-refractivity contribution in [2.45, 2.75) is 13.1 Å². The number of hydrogen-bond donors (Lipinski definition) is 1. The van der Waals surface area contributed by atoms with E-state index in [4.69, 9.17) is 5.11 Å². The van der Waals surface area contributed by atoms with Crippen LogP contribution in [0.2, 0.25) is 0 Å². The van der Waals surface area contributed by atoms with Gasteiger partial charge in [-0.15, -0.1) is 0 Å². The van der Waals surface area contributed by atoms with Crippen molar-refractivity contribution < 1.29 is 23.1 Å². The van der Waals surface area contributed by atoms with E-state index in [0.717, 1.165) is 11.1 Å². The number of fused-ring (bicyclic) bond motifs is 1. The number of carboxylic acids is 1. The first-order valence-electron chi connectivity index (χ1n) is 6.26. The van der Waals surface area contributed by atoms with E-state index in [1.54, 1.807) is 31.2 Å². The highest BCUT2D eigenvalue weighted by Crippen LogP contribution is 2.29. The van der Waals surface area contributed by atoms with E-state index in [9.17, 15) is 18.0 Å². The number of aromatic carboxylic acids is 1. The summed E-state index contributed by atoms with van der Waals surface area (Å²) in [6, 6.07) is 6.41. The third-order valence-corrected chi connectivity index (χ3v) is 3.06. The van der Waals surface area contributed by atoms with Crippen LogP contribution in [0.15, 0.2) is 30.5 Å². The maximum atomic E-state index is 12.6. The lowest BCUT2D eigenvalue weighted by Crippen LogP contribution is -2.34. The van der Waals surface area contributed by atoms with E-state index in [1.807, 2.05) is 0 Å². The van der Waals surface area contributed by atoms with Crippen LogP contribution >= 0.6 is 0 Å². The van der Waals surface area contributed by atoms with Gasteiger partial charge >= 0.3 is 12.1 Å². The zero-order valence-corrected chi connectivity index (χ0v) is 11.2. The number of anilines is 1. The summed E-state index contributed by atoms with van der Waals surface area (Å²) < 4.78 is 37.9.